The highest BCUT2D eigenvalue weighted by Gasteiger charge is 2.35. The van der Waals surface area contributed by atoms with Crippen LogP contribution in [0.25, 0.3) is 0 Å². The number of benzene rings is 3. The van der Waals surface area contributed by atoms with Crippen molar-refractivity contribution in [2.75, 3.05) is 13.7 Å². The Bertz CT molecular complexity index is 1770. The molecule has 1 aromatic heterocycles. The van der Waals surface area contributed by atoms with E-state index in [0.29, 0.717) is 12.2 Å². The molecule has 3 amide bonds. The van der Waals surface area contributed by atoms with Gasteiger partial charge in [0.1, 0.15) is 23.2 Å². The van der Waals surface area contributed by atoms with E-state index in [1.807, 2.05) is 97.9 Å². The molecule has 2 unspecified atom stereocenters. The highest BCUT2D eigenvalue weighted by Crippen LogP contribution is 2.25. The molecule has 3 aromatic carbocycles. The van der Waals surface area contributed by atoms with Crippen LogP contribution in [-0.2, 0) is 37.0 Å². The zero-order valence-electron chi connectivity index (χ0n) is 31.2. The maximum Gasteiger partial charge on any atom is 0.408 e. The number of nitrogens with zero attached hydrogens (tertiary/aromatic N) is 3. The van der Waals surface area contributed by atoms with Gasteiger partial charge in [0.15, 0.2) is 5.78 Å². The van der Waals surface area contributed by atoms with Gasteiger partial charge in [-0.3, -0.25) is 14.4 Å². The van der Waals surface area contributed by atoms with Crippen molar-refractivity contribution >= 4 is 23.7 Å². The Kier molecular flexibility index (Phi) is 13.5. The van der Waals surface area contributed by atoms with Gasteiger partial charge in [0, 0.05) is 32.1 Å². The van der Waals surface area contributed by atoms with Crippen LogP contribution >= 0.6 is 0 Å². The standard InChI is InChI=1S/C41H51N5O6/c1-29(33-25-46(28-42-33)36(32-21-15-10-16-22-32)37(48)45(7)24-30-17-11-8-12-18-30)23-35(47)34(27-51-26-31-19-13-9-14-20-31)43-38(49)41(5,6)44-39(50)52-40(2,3)4/h8-22,25,28-29,34,36H,23-24,26-27H2,1-7H3,(H,43,49)(H,44,50)/t29?,34-,36?/m1/s1. The minimum Gasteiger partial charge on any atom is -0.444 e. The van der Waals surface area contributed by atoms with Crippen LogP contribution in [0.15, 0.2) is 104 Å². The lowest BCUT2D eigenvalue weighted by molar-refractivity contribution is -0.132. The van der Waals surface area contributed by atoms with E-state index >= 15 is 0 Å². The van der Waals surface area contributed by atoms with Gasteiger partial charge in [-0.1, -0.05) is 97.9 Å². The number of amides is 3. The van der Waals surface area contributed by atoms with Crippen molar-refractivity contribution in [2.45, 2.75) is 90.3 Å². The smallest absolute Gasteiger partial charge is 0.408 e. The zero-order chi connectivity index (χ0) is 37.9. The van der Waals surface area contributed by atoms with Gasteiger partial charge < -0.3 is 29.6 Å². The molecule has 0 aliphatic rings. The molecule has 11 heteroatoms. The van der Waals surface area contributed by atoms with Gasteiger partial charge in [-0.2, -0.15) is 0 Å². The zero-order valence-corrected chi connectivity index (χ0v) is 31.2. The van der Waals surface area contributed by atoms with Crippen LogP contribution in [0.1, 0.15) is 82.3 Å². The Morgan fingerprint density at radius 3 is 2.02 bits per heavy atom. The van der Waals surface area contributed by atoms with Crippen LogP contribution in [0.5, 0.6) is 0 Å². The first-order valence-electron chi connectivity index (χ1n) is 17.5. The average molecular weight is 710 g/mol. The molecule has 0 radical (unpaired) electrons. The normalized spacial score (nSPS) is 13.4. The van der Waals surface area contributed by atoms with Gasteiger partial charge in [-0.05, 0) is 51.3 Å². The minimum atomic E-state index is -1.39. The third kappa shape index (κ3) is 11.6. The van der Waals surface area contributed by atoms with E-state index < -0.39 is 35.2 Å². The third-order valence-electron chi connectivity index (χ3n) is 8.39. The van der Waals surface area contributed by atoms with Gasteiger partial charge >= 0.3 is 6.09 Å². The van der Waals surface area contributed by atoms with Gasteiger partial charge in [-0.25, -0.2) is 9.78 Å². The summed E-state index contributed by atoms with van der Waals surface area (Å²) in [4.78, 5) is 60.1. The first kappa shape index (κ1) is 39.5. The fourth-order valence-corrected chi connectivity index (χ4v) is 5.56. The van der Waals surface area contributed by atoms with E-state index in [9.17, 15) is 19.2 Å². The lowest BCUT2D eigenvalue weighted by atomic mass is 9.96. The summed E-state index contributed by atoms with van der Waals surface area (Å²) in [6.45, 7) is 10.7. The van der Waals surface area contributed by atoms with Crippen LogP contribution in [0, 0.1) is 0 Å². The maximum atomic E-state index is 14.0. The number of hydrogen-bond donors (Lipinski definition) is 2. The number of carbonyl (C=O) groups excluding carboxylic acids is 4. The topological polar surface area (TPSA) is 132 Å². The van der Waals surface area contributed by atoms with Crippen LogP contribution in [-0.4, -0.2) is 69.0 Å². The van der Waals surface area contributed by atoms with Gasteiger partial charge in [-0.15, -0.1) is 0 Å². The number of nitrogens with one attached hydrogen (secondary N) is 2. The van der Waals surface area contributed by atoms with Crippen molar-refractivity contribution in [3.63, 3.8) is 0 Å². The van der Waals surface area contributed by atoms with Crippen LogP contribution in [0.3, 0.4) is 0 Å². The van der Waals surface area contributed by atoms with Gasteiger partial charge in [0.25, 0.3) is 0 Å². The number of alkyl carbamates (subject to hydrolysis) is 1. The molecule has 0 saturated heterocycles. The summed E-state index contributed by atoms with van der Waals surface area (Å²) in [5.74, 6) is -1.30. The Labute approximate surface area is 306 Å². The molecule has 52 heavy (non-hydrogen) atoms. The van der Waals surface area contributed by atoms with E-state index in [2.05, 4.69) is 15.6 Å². The number of ketones is 1. The Hall–Kier alpha value is -5.29. The molecule has 3 atom stereocenters. The van der Waals surface area contributed by atoms with E-state index in [1.54, 1.807) is 49.8 Å². The van der Waals surface area contributed by atoms with E-state index in [1.165, 1.54) is 13.8 Å². The van der Waals surface area contributed by atoms with E-state index in [4.69, 9.17) is 9.47 Å². The molecule has 0 fully saturated rings. The SMILES string of the molecule is CC(CC(=O)[C@@H](COCc1ccccc1)NC(=O)C(C)(C)NC(=O)OC(C)(C)C)c1cn(C(C(=O)N(C)Cc2ccccc2)c2ccccc2)cn1. The monoisotopic (exact) mass is 709 g/mol. The molecule has 11 nitrogen and oxygen atoms in total. The predicted molar refractivity (Wildman–Crippen MR) is 199 cm³/mol. The first-order chi connectivity index (χ1) is 24.6. The average Bonchev–Trinajstić information content (AvgIpc) is 3.58. The van der Waals surface area contributed by atoms with Gasteiger partial charge in [0.05, 0.1) is 25.2 Å². The third-order valence-corrected chi connectivity index (χ3v) is 8.39. The first-order valence-corrected chi connectivity index (χ1v) is 17.5. The van der Waals surface area contributed by atoms with Crippen molar-refractivity contribution in [1.29, 1.82) is 0 Å². The lowest BCUT2D eigenvalue weighted by Gasteiger charge is -2.29. The van der Waals surface area contributed by atoms with Crippen molar-refractivity contribution < 1.29 is 28.7 Å². The van der Waals surface area contributed by atoms with Crippen molar-refractivity contribution in [3.05, 3.63) is 126 Å². The summed E-state index contributed by atoms with van der Waals surface area (Å²) in [7, 11) is 1.78. The summed E-state index contributed by atoms with van der Waals surface area (Å²) in [5.41, 5.74) is 1.22. The Morgan fingerprint density at radius 2 is 1.42 bits per heavy atom. The number of aromatic nitrogens is 2. The molecule has 4 rings (SSSR count). The number of ether oxygens (including phenoxy) is 2. The molecule has 276 valence electrons. The molecule has 2 N–H and O–H groups in total. The second-order valence-electron chi connectivity index (χ2n) is 14.6. The van der Waals surface area contributed by atoms with E-state index in [0.717, 1.165) is 16.7 Å². The molecule has 0 saturated carbocycles. The van der Waals surface area contributed by atoms with Crippen molar-refractivity contribution in [3.8, 4) is 0 Å². The summed E-state index contributed by atoms with van der Waals surface area (Å²) < 4.78 is 13.0. The molecule has 0 aliphatic heterocycles. The summed E-state index contributed by atoms with van der Waals surface area (Å²) in [5, 5.41) is 5.39. The number of rotatable bonds is 16. The second kappa shape index (κ2) is 17.8. The minimum absolute atomic E-state index is 0.0362. The van der Waals surface area contributed by atoms with Crippen LogP contribution in [0.4, 0.5) is 4.79 Å². The fraction of sp³-hybridized carbons (Fsp3) is 0.390. The van der Waals surface area contributed by atoms with Crippen molar-refractivity contribution in [1.82, 2.24) is 25.1 Å². The molecule has 0 bridgehead atoms. The molecular weight excluding hydrogens is 658 g/mol. The predicted octanol–water partition coefficient (Wildman–Crippen LogP) is 6.20. The van der Waals surface area contributed by atoms with Crippen LogP contribution < -0.4 is 10.6 Å². The Morgan fingerprint density at radius 1 is 0.846 bits per heavy atom. The fourth-order valence-electron chi connectivity index (χ4n) is 5.56. The number of Topliss-reactive ketones (excluding diaryl/α,β-unsaturated/α-hetero) is 1. The molecule has 1 heterocycles. The molecular formula is C41H51N5O6. The maximum absolute atomic E-state index is 14.0. The molecule has 4 aromatic rings. The largest absolute Gasteiger partial charge is 0.444 e. The molecule has 0 aliphatic carbocycles. The molecule has 0 spiro atoms. The van der Waals surface area contributed by atoms with Gasteiger partial charge in [0.2, 0.25) is 11.8 Å². The highest BCUT2D eigenvalue weighted by atomic mass is 16.6. The second-order valence-corrected chi connectivity index (χ2v) is 14.6. The number of imidazole rings is 1. The number of likely N-dealkylation sites (N-methyl/N-ethyl adjacent to an activating group) is 1. The number of carbonyl (C=O) groups is 4. The summed E-state index contributed by atoms with van der Waals surface area (Å²) in [6, 6.07) is 27.1. The quantitative estimate of drug-likeness (QED) is 0.142. The van der Waals surface area contributed by atoms with Crippen LogP contribution in [0.2, 0.25) is 0 Å². The Balaban J connectivity index is 1.50. The lowest BCUT2D eigenvalue weighted by Crippen LogP contribution is -2.59. The highest BCUT2D eigenvalue weighted by molar-refractivity contribution is 5.94. The van der Waals surface area contributed by atoms with E-state index in [-0.39, 0.29) is 37.2 Å². The summed E-state index contributed by atoms with van der Waals surface area (Å²) >= 11 is 0. The van der Waals surface area contributed by atoms with Crippen molar-refractivity contribution in [2.24, 2.45) is 0 Å². The summed E-state index contributed by atoms with van der Waals surface area (Å²) in [6.07, 6.45) is 2.71. The number of hydrogen-bond acceptors (Lipinski definition) is 7.